The van der Waals surface area contributed by atoms with Crippen molar-refractivity contribution in [1.82, 2.24) is 0 Å². The summed E-state index contributed by atoms with van der Waals surface area (Å²) in [5.41, 5.74) is 1.24. The molecule has 0 aromatic heterocycles. The molecule has 0 fully saturated rings. The smallest absolute Gasteiger partial charge is 0.337 e. The van der Waals surface area contributed by atoms with Crippen LogP contribution in [0.15, 0.2) is 28.3 Å². The summed E-state index contributed by atoms with van der Waals surface area (Å²) in [6, 6.07) is 5.04. The third-order valence-electron chi connectivity index (χ3n) is 1.85. The molecule has 0 radical (unpaired) electrons. The Morgan fingerprint density at radius 1 is 1.60 bits per heavy atom. The Bertz CT molecular complexity index is 390. The first-order chi connectivity index (χ1) is 7.22. The maximum absolute atomic E-state index is 11.2. The fourth-order valence-corrected chi connectivity index (χ4v) is 1.73. The molecule has 0 spiro atoms. The fourth-order valence-electron chi connectivity index (χ4n) is 1.12. The minimum absolute atomic E-state index is 0.377. The van der Waals surface area contributed by atoms with Crippen molar-refractivity contribution in [1.29, 1.82) is 0 Å². The summed E-state index contributed by atoms with van der Waals surface area (Å²) in [7, 11) is 1.34. The molecule has 1 rings (SSSR count). The van der Waals surface area contributed by atoms with Crippen molar-refractivity contribution in [2.45, 2.75) is 4.90 Å². The molecule has 4 nitrogen and oxygen atoms in total. The zero-order valence-corrected chi connectivity index (χ0v) is 9.25. The van der Waals surface area contributed by atoms with E-state index in [1.807, 2.05) is 6.26 Å². The Morgan fingerprint density at radius 2 is 2.33 bits per heavy atom. The number of thioether (sulfide) groups is 1. The highest BCUT2D eigenvalue weighted by molar-refractivity contribution is 7.98. The largest absolute Gasteiger partial charge is 0.465 e. The molecule has 1 aromatic carbocycles. The zero-order chi connectivity index (χ0) is 11.3. The molecule has 0 atom stereocenters. The second-order valence-electron chi connectivity index (χ2n) is 2.69. The van der Waals surface area contributed by atoms with Crippen molar-refractivity contribution in [3.8, 4) is 0 Å². The van der Waals surface area contributed by atoms with E-state index in [1.165, 1.54) is 25.1 Å². The average molecular weight is 225 g/mol. The number of methoxy groups -OCH3 is 1. The second kappa shape index (κ2) is 5.41. The summed E-state index contributed by atoms with van der Waals surface area (Å²) in [5.74, 6) is -0.377. The summed E-state index contributed by atoms with van der Waals surface area (Å²) in [5, 5.41) is 11.4. The molecule has 0 heterocycles. The lowest BCUT2D eigenvalue weighted by Gasteiger charge is -2.04. The molecule has 0 saturated carbocycles. The van der Waals surface area contributed by atoms with Crippen LogP contribution >= 0.6 is 11.8 Å². The minimum Gasteiger partial charge on any atom is -0.465 e. The lowest BCUT2D eigenvalue weighted by Crippen LogP contribution is -2.02. The third-order valence-corrected chi connectivity index (χ3v) is 2.64. The van der Waals surface area contributed by atoms with Gasteiger partial charge in [-0.2, -0.15) is 0 Å². The quantitative estimate of drug-likeness (QED) is 0.281. The lowest BCUT2D eigenvalue weighted by molar-refractivity contribution is 0.0600. The van der Waals surface area contributed by atoms with Crippen molar-refractivity contribution < 1.29 is 14.7 Å². The summed E-state index contributed by atoms with van der Waals surface area (Å²) in [4.78, 5) is 12.1. The van der Waals surface area contributed by atoms with Gasteiger partial charge in [-0.15, -0.1) is 11.8 Å². The Morgan fingerprint density at radius 3 is 2.87 bits per heavy atom. The molecule has 1 aromatic rings. The highest BCUT2D eigenvalue weighted by atomic mass is 32.2. The van der Waals surface area contributed by atoms with Crippen molar-refractivity contribution in [2.75, 3.05) is 13.4 Å². The molecule has 0 saturated heterocycles. The maximum Gasteiger partial charge on any atom is 0.337 e. The normalized spacial score (nSPS) is 10.5. The van der Waals surface area contributed by atoms with E-state index in [2.05, 4.69) is 9.89 Å². The summed E-state index contributed by atoms with van der Waals surface area (Å²) >= 11 is 1.47. The number of oxime groups is 1. The summed E-state index contributed by atoms with van der Waals surface area (Å²) in [6.45, 7) is 0. The first-order valence-electron chi connectivity index (χ1n) is 4.16. The topological polar surface area (TPSA) is 58.9 Å². The number of carbonyl (C=O) groups excluding carboxylic acids is 1. The van der Waals surface area contributed by atoms with Gasteiger partial charge in [0.05, 0.1) is 18.9 Å². The van der Waals surface area contributed by atoms with Crippen molar-refractivity contribution >= 4 is 23.9 Å². The van der Waals surface area contributed by atoms with Gasteiger partial charge in [0.1, 0.15) is 0 Å². The molecule has 0 aliphatic carbocycles. The highest BCUT2D eigenvalue weighted by Gasteiger charge is 2.08. The number of nitrogens with zero attached hydrogens (tertiary/aromatic N) is 1. The van der Waals surface area contributed by atoms with E-state index in [0.29, 0.717) is 5.56 Å². The molecule has 15 heavy (non-hydrogen) atoms. The molecule has 5 heteroatoms. The molecule has 0 aliphatic rings. The highest BCUT2D eigenvalue weighted by Crippen LogP contribution is 2.21. The number of hydrogen-bond acceptors (Lipinski definition) is 5. The van der Waals surface area contributed by atoms with Crippen LogP contribution in [0.1, 0.15) is 15.9 Å². The number of esters is 1. The summed E-state index contributed by atoms with van der Waals surface area (Å²) < 4.78 is 4.60. The van der Waals surface area contributed by atoms with Gasteiger partial charge >= 0.3 is 5.97 Å². The third kappa shape index (κ3) is 2.73. The number of benzene rings is 1. The van der Waals surface area contributed by atoms with E-state index in [9.17, 15) is 4.79 Å². The van der Waals surface area contributed by atoms with E-state index >= 15 is 0 Å². The maximum atomic E-state index is 11.2. The van der Waals surface area contributed by atoms with Crippen LogP contribution < -0.4 is 0 Å². The zero-order valence-electron chi connectivity index (χ0n) is 8.43. The predicted octanol–water partition coefficient (Wildman–Crippen LogP) is 2.00. The Hall–Kier alpha value is -1.49. The van der Waals surface area contributed by atoms with Gasteiger partial charge in [0.25, 0.3) is 0 Å². The van der Waals surface area contributed by atoms with Crippen LogP contribution in [0.2, 0.25) is 0 Å². The van der Waals surface area contributed by atoms with Gasteiger partial charge in [0.2, 0.25) is 0 Å². The Labute approximate surface area is 91.9 Å². The second-order valence-corrected chi connectivity index (χ2v) is 3.54. The van der Waals surface area contributed by atoms with Crippen molar-refractivity contribution in [3.63, 3.8) is 0 Å². The van der Waals surface area contributed by atoms with E-state index in [0.717, 1.165) is 10.5 Å². The minimum atomic E-state index is -0.377. The van der Waals surface area contributed by atoms with Gasteiger partial charge in [-0.1, -0.05) is 11.2 Å². The average Bonchev–Trinajstić information content (AvgIpc) is 2.29. The van der Waals surface area contributed by atoms with Crippen LogP contribution in [0.4, 0.5) is 0 Å². The van der Waals surface area contributed by atoms with Crippen molar-refractivity contribution in [2.24, 2.45) is 5.16 Å². The molecule has 80 valence electrons. The van der Waals surface area contributed by atoms with Gasteiger partial charge < -0.3 is 9.94 Å². The van der Waals surface area contributed by atoms with Crippen LogP contribution in [-0.2, 0) is 4.74 Å². The van der Waals surface area contributed by atoms with E-state index < -0.39 is 0 Å². The number of carbonyl (C=O) groups is 1. The number of rotatable bonds is 3. The number of ether oxygens (including phenoxy) is 1. The molecular formula is C10H11NO3S. The van der Waals surface area contributed by atoms with Crippen LogP contribution in [0.3, 0.4) is 0 Å². The van der Waals surface area contributed by atoms with Crippen LogP contribution in [0.25, 0.3) is 0 Å². The van der Waals surface area contributed by atoms with Gasteiger partial charge in [0.15, 0.2) is 0 Å². The van der Waals surface area contributed by atoms with E-state index in [-0.39, 0.29) is 5.97 Å². The monoisotopic (exact) mass is 225 g/mol. The Balaban J connectivity index is 3.12. The van der Waals surface area contributed by atoms with Gasteiger partial charge in [0, 0.05) is 10.5 Å². The first kappa shape index (κ1) is 11.6. The fraction of sp³-hybridized carbons (Fsp3) is 0.200. The lowest BCUT2D eigenvalue weighted by atomic mass is 10.1. The SMILES string of the molecule is COC(=O)c1ccc(C=NO)c(SC)c1. The van der Waals surface area contributed by atoms with Crippen LogP contribution in [0, 0.1) is 0 Å². The Kier molecular flexibility index (Phi) is 4.17. The molecule has 1 N–H and O–H groups in total. The van der Waals surface area contributed by atoms with Gasteiger partial charge in [-0.3, -0.25) is 0 Å². The summed E-state index contributed by atoms with van der Waals surface area (Å²) in [6.07, 6.45) is 3.21. The van der Waals surface area contributed by atoms with Gasteiger partial charge in [-0.05, 0) is 18.4 Å². The molecule has 0 unspecified atom stereocenters. The number of hydrogen-bond donors (Lipinski definition) is 1. The van der Waals surface area contributed by atoms with Crippen molar-refractivity contribution in [3.05, 3.63) is 29.3 Å². The first-order valence-corrected chi connectivity index (χ1v) is 5.39. The molecule has 0 bridgehead atoms. The van der Waals surface area contributed by atoms with Crippen LogP contribution in [-0.4, -0.2) is 30.8 Å². The van der Waals surface area contributed by atoms with E-state index in [1.54, 1.807) is 18.2 Å². The molecular weight excluding hydrogens is 214 g/mol. The van der Waals surface area contributed by atoms with E-state index in [4.69, 9.17) is 5.21 Å². The van der Waals surface area contributed by atoms with Gasteiger partial charge in [-0.25, -0.2) is 4.79 Å². The molecule has 0 aliphatic heterocycles. The predicted molar refractivity (Wildman–Crippen MR) is 58.9 cm³/mol. The standard InChI is InChI=1S/C10H11NO3S/c1-14-10(12)7-3-4-8(6-11-13)9(5-7)15-2/h3-6,13H,1-2H3. The van der Waals surface area contributed by atoms with Crippen LogP contribution in [0.5, 0.6) is 0 Å². The molecule has 0 amide bonds.